The normalized spacial score (nSPS) is 10.6. The number of nitrogens with zero attached hydrogens (tertiary/aromatic N) is 1. The first-order chi connectivity index (χ1) is 9.61. The van der Waals surface area contributed by atoms with Gasteiger partial charge in [0.15, 0.2) is 0 Å². The van der Waals surface area contributed by atoms with Gasteiger partial charge in [-0.05, 0) is 34.6 Å². The Morgan fingerprint density at radius 1 is 1.40 bits per heavy atom. The van der Waals surface area contributed by atoms with Crippen molar-refractivity contribution >= 4 is 27.5 Å². The second kappa shape index (κ2) is 7.02. The van der Waals surface area contributed by atoms with Crippen LogP contribution >= 0.6 is 27.5 Å². The zero-order valence-electron chi connectivity index (χ0n) is 10.8. The molecule has 1 aromatic carbocycles. The van der Waals surface area contributed by atoms with Crippen LogP contribution in [0.5, 0.6) is 11.5 Å². The summed E-state index contributed by atoms with van der Waals surface area (Å²) in [5.41, 5.74) is 0.948. The van der Waals surface area contributed by atoms with Crippen molar-refractivity contribution in [3.05, 3.63) is 51.5 Å². The number of aromatic nitrogens is 1. The maximum atomic E-state index is 13.5. The van der Waals surface area contributed by atoms with E-state index < -0.39 is 5.82 Å². The third kappa shape index (κ3) is 3.69. The average Bonchev–Trinajstić information content (AvgIpc) is 2.44. The Kier molecular flexibility index (Phi) is 5.34. The molecule has 0 bridgehead atoms. The van der Waals surface area contributed by atoms with Crippen molar-refractivity contribution in [1.29, 1.82) is 0 Å². The minimum atomic E-state index is -0.526. The van der Waals surface area contributed by atoms with E-state index >= 15 is 0 Å². The van der Waals surface area contributed by atoms with Gasteiger partial charge in [0, 0.05) is 24.4 Å². The molecule has 1 heterocycles. The second-order valence-corrected chi connectivity index (χ2v) is 5.32. The van der Waals surface area contributed by atoms with E-state index in [1.807, 2.05) is 13.0 Å². The molecular formula is C14H13BrClFN2O. The first-order valence-electron chi connectivity index (χ1n) is 6.07. The van der Waals surface area contributed by atoms with Crippen LogP contribution in [0.25, 0.3) is 0 Å². The molecule has 0 aliphatic heterocycles. The molecule has 1 aromatic heterocycles. The Morgan fingerprint density at radius 3 is 2.95 bits per heavy atom. The SMILES string of the molecule is CCNCc1ccncc1Oc1cc(F)c(Cl)cc1Br. The molecule has 106 valence electrons. The van der Waals surface area contributed by atoms with Crippen molar-refractivity contribution in [3.8, 4) is 11.5 Å². The van der Waals surface area contributed by atoms with Gasteiger partial charge in [-0.25, -0.2) is 4.39 Å². The summed E-state index contributed by atoms with van der Waals surface area (Å²) in [6.45, 7) is 3.52. The van der Waals surface area contributed by atoms with Crippen LogP contribution in [0.4, 0.5) is 4.39 Å². The molecule has 0 saturated heterocycles. The van der Waals surface area contributed by atoms with Crippen LogP contribution in [0, 0.1) is 5.82 Å². The Balaban J connectivity index is 2.28. The van der Waals surface area contributed by atoms with E-state index in [0.717, 1.165) is 12.1 Å². The Morgan fingerprint density at radius 2 is 2.20 bits per heavy atom. The molecule has 2 aromatic rings. The number of halogens is 3. The van der Waals surface area contributed by atoms with Crippen molar-refractivity contribution in [2.24, 2.45) is 0 Å². The Labute approximate surface area is 130 Å². The molecule has 0 aliphatic carbocycles. The summed E-state index contributed by atoms with van der Waals surface area (Å²) in [6, 6.07) is 4.57. The van der Waals surface area contributed by atoms with Gasteiger partial charge in [0.1, 0.15) is 17.3 Å². The molecule has 1 N–H and O–H groups in total. The van der Waals surface area contributed by atoms with Crippen LogP contribution in [0.15, 0.2) is 35.1 Å². The second-order valence-electron chi connectivity index (χ2n) is 4.06. The van der Waals surface area contributed by atoms with Crippen molar-refractivity contribution in [1.82, 2.24) is 10.3 Å². The van der Waals surface area contributed by atoms with E-state index in [1.165, 1.54) is 12.1 Å². The summed E-state index contributed by atoms with van der Waals surface area (Å²) >= 11 is 9.01. The van der Waals surface area contributed by atoms with Gasteiger partial charge in [0.2, 0.25) is 0 Å². The highest BCUT2D eigenvalue weighted by Gasteiger charge is 2.11. The summed E-state index contributed by atoms with van der Waals surface area (Å²) in [4.78, 5) is 4.03. The fourth-order valence-corrected chi connectivity index (χ4v) is 2.33. The van der Waals surface area contributed by atoms with Gasteiger partial charge in [0.05, 0.1) is 15.7 Å². The van der Waals surface area contributed by atoms with Gasteiger partial charge in [0.25, 0.3) is 0 Å². The fraction of sp³-hybridized carbons (Fsp3) is 0.214. The van der Waals surface area contributed by atoms with Crippen LogP contribution in [0.1, 0.15) is 12.5 Å². The number of hydrogen-bond acceptors (Lipinski definition) is 3. The van der Waals surface area contributed by atoms with Crippen molar-refractivity contribution < 1.29 is 9.13 Å². The third-order valence-corrected chi connectivity index (χ3v) is 3.54. The van der Waals surface area contributed by atoms with Gasteiger partial charge in [-0.15, -0.1) is 0 Å². The summed E-state index contributed by atoms with van der Waals surface area (Å²) in [5.74, 6) is 0.413. The van der Waals surface area contributed by atoms with Crippen LogP contribution in [-0.2, 0) is 6.54 Å². The van der Waals surface area contributed by atoms with Crippen LogP contribution in [0.2, 0.25) is 5.02 Å². The summed E-state index contributed by atoms with van der Waals surface area (Å²) in [7, 11) is 0. The average molecular weight is 360 g/mol. The molecule has 3 nitrogen and oxygen atoms in total. The molecule has 0 atom stereocenters. The standard InChI is InChI=1S/C14H13BrClFN2O/c1-2-18-7-9-3-4-19-8-14(9)20-13-6-12(17)11(16)5-10(13)15/h3-6,8,18H,2,7H2,1H3. The quantitative estimate of drug-likeness (QED) is 0.796. The number of ether oxygens (including phenoxy) is 1. The number of rotatable bonds is 5. The Hall–Kier alpha value is -1.17. The topological polar surface area (TPSA) is 34.2 Å². The highest BCUT2D eigenvalue weighted by Crippen LogP contribution is 2.34. The molecule has 0 saturated carbocycles. The van der Waals surface area contributed by atoms with Crippen LogP contribution < -0.4 is 10.1 Å². The minimum Gasteiger partial charge on any atom is -0.454 e. The van der Waals surface area contributed by atoms with Gasteiger partial charge in [-0.1, -0.05) is 18.5 Å². The van der Waals surface area contributed by atoms with Crippen molar-refractivity contribution in [2.75, 3.05) is 6.54 Å². The van der Waals surface area contributed by atoms with Crippen molar-refractivity contribution in [2.45, 2.75) is 13.5 Å². The smallest absolute Gasteiger partial charge is 0.150 e. The first-order valence-corrected chi connectivity index (χ1v) is 7.25. The zero-order valence-corrected chi connectivity index (χ0v) is 13.1. The lowest BCUT2D eigenvalue weighted by Gasteiger charge is -2.12. The molecule has 6 heteroatoms. The van der Waals surface area contributed by atoms with E-state index in [1.54, 1.807) is 12.4 Å². The van der Waals surface area contributed by atoms with E-state index in [0.29, 0.717) is 22.5 Å². The minimum absolute atomic E-state index is 0.0447. The molecule has 0 fully saturated rings. The summed E-state index contributed by atoms with van der Waals surface area (Å²) in [5, 5.41) is 3.26. The number of hydrogen-bond donors (Lipinski definition) is 1. The largest absolute Gasteiger partial charge is 0.454 e. The number of pyridine rings is 1. The monoisotopic (exact) mass is 358 g/mol. The van der Waals surface area contributed by atoms with Gasteiger partial charge >= 0.3 is 0 Å². The molecule has 0 amide bonds. The molecule has 0 unspecified atom stereocenters. The fourth-order valence-electron chi connectivity index (χ4n) is 1.61. The predicted octanol–water partition coefficient (Wildman–Crippen LogP) is 4.54. The molecule has 0 spiro atoms. The zero-order chi connectivity index (χ0) is 14.5. The Bertz CT molecular complexity index is 610. The summed E-state index contributed by atoms with van der Waals surface area (Å²) < 4.78 is 19.8. The van der Waals surface area contributed by atoms with Crippen LogP contribution in [0.3, 0.4) is 0 Å². The lowest BCUT2D eigenvalue weighted by molar-refractivity contribution is 0.463. The van der Waals surface area contributed by atoms with Gasteiger partial charge < -0.3 is 10.1 Å². The van der Waals surface area contributed by atoms with E-state index in [-0.39, 0.29) is 5.02 Å². The third-order valence-electron chi connectivity index (χ3n) is 2.63. The lowest BCUT2D eigenvalue weighted by atomic mass is 10.2. The molecular weight excluding hydrogens is 347 g/mol. The van der Waals surface area contributed by atoms with E-state index in [9.17, 15) is 4.39 Å². The van der Waals surface area contributed by atoms with E-state index in [4.69, 9.17) is 16.3 Å². The number of benzene rings is 1. The molecule has 2 rings (SSSR count). The lowest BCUT2D eigenvalue weighted by Crippen LogP contribution is -2.12. The van der Waals surface area contributed by atoms with Crippen molar-refractivity contribution in [3.63, 3.8) is 0 Å². The van der Waals surface area contributed by atoms with Gasteiger partial charge in [-0.2, -0.15) is 0 Å². The van der Waals surface area contributed by atoms with E-state index in [2.05, 4.69) is 26.2 Å². The maximum absolute atomic E-state index is 13.5. The van der Waals surface area contributed by atoms with Gasteiger partial charge in [-0.3, -0.25) is 4.98 Å². The highest BCUT2D eigenvalue weighted by atomic mass is 79.9. The first kappa shape index (κ1) is 15.2. The molecule has 20 heavy (non-hydrogen) atoms. The summed E-state index contributed by atoms with van der Waals surface area (Å²) in [6.07, 6.45) is 3.29. The predicted molar refractivity (Wildman–Crippen MR) is 80.8 cm³/mol. The number of nitrogens with one attached hydrogen (secondary N) is 1. The highest BCUT2D eigenvalue weighted by molar-refractivity contribution is 9.10. The molecule has 0 aliphatic rings. The van der Waals surface area contributed by atoms with Crippen LogP contribution in [-0.4, -0.2) is 11.5 Å². The maximum Gasteiger partial charge on any atom is 0.150 e. The molecule has 0 radical (unpaired) electrons.